The van der Waals surface area contributed by atoms with Gasteiger partial charge in [0.1, 0.15) is 11.5 Å². The minimum atomic E-state index is 0.202. The van der Waals surface area contributed by atoms with Crippen molar-refractivity contribution in [2.24, 2.45) is 0 Å². The SMILES string of the molecule is C#CCCCNC(C)c1cc(OC)ccc1OC. The highest BCUT2D eigenvalue weighted by Crippen LogP contribution is 2.29. The van der Waals surface area contributed by atoms with Crippen molar-refractivity contribution in [3.05, 3.63) is 23.8 Å². The monoisotopic (exact) mass is 247 g/mol. The van der Waals surface area contributed by atoms with Crippen LogP contribution in [-0.2, 0) is 0 Å². The van der Waals surface area contributed by atoms with Crippen molar-refractivity contribution < 1.29 is 9.47 Å². The molecule has 98 valence electrons. The highest BCUT2D eigenvalue weighted by atomic mass is 16.5. The van der Waals surface area contributed by atoms with Gasteiger partial charge in [0.2, 0.25) is 0 Å². The van der Waals surface area contributed by atoms with Crippen molar-refractivity contribution >= 4 is 0 Å². The van der Waals surface area contributed by atoms with E-state index < -0.39 is 0 Å². The molecule has 0 amide bonds. The van der Waals surface area contributed by atoms with Crippen molar-refractivity contribution in [1.82, 2.24) is 5.32 Å². The first kappa shape index (κ1) is 14.4. The molecule has 0 saturated carbocycles. The maximum absolute atomic E-state index is 5.37. The lowest BCUT2D eigenvalue weighted by molar-refractivity contribution is 0.391. The third kappa shape index (κ3) is 3.97. The van der Waals surface area contributed by atoms with Gasteiger partial charge >= 0.3 is 0 Å². The molecular formula is C15H21NO2. The Balaban J connectivity index is 2.70. The number of unbranched alkanes of at least 4 members (excludes halogenated alkanes) is 1. The predicted molar refractivity (Wildman–Crippen MR) is 74.0 cm³/mol. The molecule has 0 aliphatic rings. The molecule has 0 radical (unpaired) electrons. The lowest BCUT2D eigenvalue weighted by Gasteiger charge is -2.18. The molecule has 1 unspecified atom stereocenters. The molecule has 0 aliphatic heterocycles. The smallest absolute Gasteiger partial charge is 0.123 e. The van der Waals surface area contributed by atoms with Gasteiger partial charge in [-0.05, 0) is 38.1 Å². The molecular weight excluding hydrogens is 226 g/mol. The van der Waals surface area contributed by atoms with Gasteiger partial charge in [0.25, 0.3) is 0 Å². The second kappa shape index (κ2) is 7.62. The fourth-order valence-electron chi connectivity index (χ4n) is 1.80. The standard InChI is InChI=1S/C15H21NO2/c1-5-6-7-10-16-12(2)14-11-13(17-3)8-9-15(14)18-4/h1,8-9,11-12,16H,6-7,10H2,2-4H3. The molecule has 0 spiro atoms. The van der Waals surface area contributed by atoms with E-state index in [-0.39, 0.29) is 6.04 Å². The summed E-state index contributed by atoms with van der Waals surface area (Å²) in [5.74, 6) is 4.34. The Hall–Kier alpha value is -1.66. The maximum Gasteiger partial charge on any atom is 0.123 e. The van der Waals surface area contributed by atoms with Crippen LogP contribution in [0.5, 0.6) is 11.5 Å². The van der Waals surface area contributed by atoms with Crippen LogP contribution in [0.3, 0.4) is 0 Å². The van der Waals surface area contributed by atoms with E-state index in [9.17, 15) is 0 Å². The Morgan fingerprint density at radius 2 is 2.11 bits per heavy atom. The summed E-state index contributed by atoms with van der Waals surface area (Å²) in [6.45, 7) is 3.00. The summed E-state index contributed by atoms with van der Waals surface area (Å²) in [6.07, 6.45) is 7.01. The molecule has 0 aliphatic carbocycles. The zero-order valence-electron chi connectivity index (χ0n) is 11.3. The largest absolute Gasteiger partial charge is 0.497 e. The molecule has 0 bridgehead atoms. The molecule has 1 aromatic carbocycles. The van der Waals surface area contributed by atoms with Gasteiger partial charge in [-0.2, -0.15) is 0 Å². The first-order valence-electron chi connectivity index (χ1n) is 6.11. The summed E-state index contributed by atoms with van der Waals surface area (Å²) < 4.78 is 10.6. The summed E-state index contributed by atoms with van der Waals surface area (Å²) in [4.78, 5) is 0. The number of nitrogens with one attached hydrogen (secondary N) is 1. The fraction of sp³-hybridized carbons (Fsp3) is 0.467. The number of terminal acetylenes is 1. The van der Waals surface area contributed by atoms with Gasteiger partial charge in [-0.15, -0.1) is 12.3 Å². The van der Waals surface area contributed by atoms with E-state index >= 15 is 0 Å². The summed E-state index contributed by atoms with van der Waals surface area (Å²) in [7, 11) is 3.34. The second-order valence-electron chi connectivity index (χ2n) is 4.09. The average Bonchev–Trinajstić information content (AvgIpc) is 2.42. The fourth-order valence-corrected chi connectivity index (χ4v) is 1.80. The average molecular weight is 247 g/mol. The van der Waals surface area contributed by atoms with E-state index in [4.69, 9.17) is 15.9 Å². The number of ether oxygens (including phenoxy) is 2. The number of hydrogen-bond donors (Lipinski definition) is 1. The van der Waals surface area contributed by atoms with E-state index in [0.717, 1.165) is 36.4 Å². The van der Waals surface area contributed by atoms with Crippen LogP contribution in [0.4, 0.5) is 0 Å². The molecule has 0 saturated heterocycles. The van der Waals surface area contributed by atoms with Crippen LogP contribution in [0.15, 0.2) is 18.2 Å². The van der Waals surface area contributed by atoms with Crippen LogP contribution in [0.1, 0.15) is 31.4 Å². The quantitative estimate of drug-likeness (QED) is 0.593. The van der Waals surface area contributed by atoms with Gasteiger partial charge in [0.05, 0.1) is 14.2 Å². The van der Waals surface area contributed by atoms with Crippen LogP contribution in [0.2, 0.25) is 0 Å². The molecule has 3 nitrogen and oxygen atoms in total. The molecule has 1 aromatic rings. The van der Waals surface area contributed by atoms with Gasteiger partial charge in [0, 0.05) is 18.0 Å². The first-order chi connectivity index (χ1) is 8.72. The number of benzene rings is 1. The van der Waals surface area contributed by atoms with E-state index in [0.29, 0.717) is 0 Å². The summed E-state index contributed by atoms with van der Waals surface area (Å²) >= 11 is 0. The molecule has 3 heteroatoms. The third-order valence-electron chi connectivity index (χ3n) is 2.85. The normalized spacial score (nSPS) is 11.7. The molecule has 0 fully saturated rings. The van der Waals surface area contributed by atoms with Crippen molar-refractivity contribution in [3.8, 4) is 23.8 Å². The first-order valence-corrected chi connectivity index (χ1v) is 6.11. The second-order valence-corrected chi connectivity index (χ2v) is 4.09. The van der Waals surface area contributed by atoms with Crippen molar-refractivity contribution in [2.75, 3.05) is 20.8 Å². The van der Waals surface area contributed by atoms with Crippen molar-refractivity contribution in [2.45, 2.75) is 25.8 Å². The summed E-state index contributed by atoms with van der Waals surface area (Å²) in [5.41, 5.74) is 1.09. The van der Waals surface area contributed by atoms with Crippen LogP contribution in [0.25, 0.3) is 0 Å². The number of rotatable bonds is 7. The minimum Gasteiger partial charge on any atom is -0.497 e. The Kier molecular flexibility index (Phi) is 6.10. The van der Waals surface area contributed by atoms with E-state index in [1.165, 1.54) is 0 Å². The number of hydrogen-bond acceptors (Lipinski definition) is 3. The Bertz CT molecular complexity index is 409. The molecule has 0 heterocycles. The van der Waals surface area contributed by atoms with Crippen LogP contribution in [-0.4, -0.2) is 20.8 Å². The molecule has 1 rings (SSSR count). The van der Waals surface area contributed by atoms with E-state index in [1.807, 2.05) is 18.2 Å². The third-order valence-corrected chi connectivity index (χ3v) is 2.85. The molecule has 1 N–H and O–H groups in total. The van der Waals surface area contributed by atoms with Crippen LogP contribution < -0.4 is 14.8 Å². The Morgan fingerprint density at radius 1 is 1.33 bits per heavy atom. The Labute approximate surface area is 109 Å². The highest BCUT2D eigenvalue weighted by Gasteiger charge is 2.11. The lowest BCUT2D eigenvalue weighted by Crippen LogP contribution is -2.20. The van der Waals surface area contributed by atoms with Crippen molar-refractivity contribution in [3.63, 3.8) is 0 Å². The van der Waals surface area contributed by atoms with Crippen LogP contribution >= 0.6 is 0 Å². The van der Waals surface area contributed by atoms with Crippen LogP contribution in [0, 0.1) is 12.3 Å². The van der Waals surface area contributed by atoms with Gasteiger partial charge in [-0.3, -0.25) is 0 Å². The van der Waals surface area contributed by atoms with Gasteiger partial charge in [0.15, 0.2) is 0 Å². The summed E-state index contributed by atoms with van der Waals surface area (Å²) in [5, 5.41) is 3.43. The lowest BCUT2D eigenvalue weighted by atomic mass is 10.1. The zero-order chi connectivity index (χ0) is 13.4. The molecule has 18 heavy (non-hydrogen) atoms. The van der Waals surface area contributed by atoms with E-state index in [2.05, 4.69) is 18.2 Å². The number of methoxy groups -OCH3 is 2. The van der Waals surface area contributed by atoms with Crippen molar-refractivity contribution in [1.29, 1.82) is 0 Å². The summed E-state index contributed by atoms with van der Waals surface area (Å²) in [6, 6.07) is 6.02. The predicted octanol–water partition coefficient (Wildman–Crippen LogP) is 2.77. The highest BCUT2D eigenvalue weighted by molar-refractivity contribution is 5.42. The van der Waals surface area contributed by atoms with E-state index in [1.54, 1.807) is 14.2 Å². The van der Waals surface area contributed by atoms with Gasteiger partial charge < -0.3 is 14.8 Å². The molecule has 1 atom stereocenters. The van der Waals surface area contributed by atoms with Gasteiger partial charge in [-0.1, -0.05) is 0 Å². The molecule has 0 aromatic heterocycles. The maximum atomic E-state index is 5.37. The zero-order valence-corrected chi connectivity index (χ0v) is 11.3. The minimum absolute atomic E-state index is 0.202. The van der Waals surface area contributed by atoms with Gasteiger partial charge in [-0.25, -0.2) is 0 Å². The Morgan fingerprint density at radius 3 is 2.72 bits per heavy atom. The topological polar surface area (TPSA) is 30.5 Å².